The van der Waals surface area contributed by atoms with Gasteiger partial charge >= 0.3 is 0 Å². The monoisotopic (exact) mass is 332 g/mol. The van der Waals surface area contributed by atoms with Gasteiger partial charge in [0.25, 0.3) is 0 Å². The number of nitrogens with zero attached hydrogens (tertiary/aromatic N) is 3. The van der Waals surface area contributed by atoms with Gasteiger partial charge in [-0.2, -0.15) is 9.36 Å². The molecule has 0 aliphatic heterocycles. The Balaban J connectivity index is 1.64. The van der Waals surface area contributed by atoms with Gasteiger partial charge in [0, 0.05) is 12.1 Å². The van der Waals surface area contributed by atoms with E-state index in [0.717, 1.165) is 39.6 Å². The van der Waals surface area contributed by atoms with Crippen LogP contribution in [-0.4, -0.2) is 26.4 Å². The molecule has 1 saturated carbocycles. The van der Waals surface area contributed by atoms with Crippen molar-refractivity contribution in [3.05, 3.63) is 23.2 Å². The van der Waals surface area contributed by atoms with E-state index in [1.165, 1.54) is 11.5 Å². The highest BCUT2D eigenvalue weighted by Crippen LogP contribution is 2.31. The summed E-state index contributed by atoms with van der Waals surface area (Å²) in [4.78, 5) is 9.21. The third kappa shape index (κ3) is 2.65. The predicted octanol–water partition coefficient (Wildman–Crippen LogP) is 3.10. The van der Waals surface area contributed by atoms with Gasteiger partial charge in [0.2, 0.25) is 5.95 Å². The topological polar surface area (TPSA) is 88.8 Å². The molecular formula is C14H16N6S2. The van der Waals surface area contributed by atoms with Crippen LogP contribution in [0.15, 0.2) is 17.5 Å². The Morgan fingerprint density at radius 2 is 2.18 bits per heavy atom. The van der Waals surface area contributed by atoms with Crippen molar-refractivity contribution in [2.45, 2.75) is 31.8 Å². The van der Waals surface area contributed by atoms with Gasteiger partial charge in [0.05, 0.1) is 15.9 Å². The van der Waals surface area contributed by atoms with Crippen molar-refractivity contribution in [1.29, 1.82) is 0 Å². The predicted molar refractivity (Wildman–Crippen MR) is 92.2 cm³/mol. The first-order valence-corrected chi connectivity index (χ1v) is 8.80. The zero-order valence-corrected chi connectivity index (χ0v) is 13.7. The van der Waals surface area contributed by atoms with Crippen LogP contribution < -0.4 is 16.4 Å². The van der Waals surface area contributed by atoms with Gasteiger partial charge in [0.15, 0.2) is 0 Å². The number of anilines is 3. The van der Waals surface area contributed by atoms with Gasteiger partial charge in [0.1, 0.15) is 10.8 Å². The molecule has 0 radical (unpaired) electrons. The van der Waals surface area contributed by atoms with Crippen molar-refractivity contribution < 1.29 is 0 Å². The minimum atomic E-state index is 0.316. The minimum Gasteiger partial charge on any atom is -0.366 e. The van der Waals surface area contributed by atoms with Crippen LogP contribution in [0.25, 0.3) is 10.2 Å². The molecule has 0 bridgehead atoms. The molecule has 1 aliphatic rings. The first kappa shape index (κ1) is 13.9. The van der Waals surface area contributed by atoms with E-state index in [1.54, 1.807) is 11.3 Å². The summed E-state index contributed by atoms with van der Waals surface area (Å²) in [5.41, 5.74) is 7.81. The van der Waals surface area contributed by atoms with Crippen molar-refractivity contribution in [1.82, 2.24) is 14.3 Å². The maximum atomic E-state index is 5.86. The average Bonchev–Trinajstić information content (AvgIpc) is 3.06. The fraction of sp³-hybridized carbons (Fsp3) is 0.357. The van der Waals surface area contributed by atoms with Crippen LogP contribution in [0.3, 0.4) is 0 Å². The van der Waals surface area contributed by atoms with Gasteiger partial charge in [-0.1, -0.05) is 0 Å². The molecule has 4 N–H and O–H groups in total. The lowest BCUT2D eigenvalue weighted by atomic mass is 9.88. The summed E-state index contributed by atoms with van der Waals surface area (Å²) in [6, 6.07) is 4.73. The van der Waals surface area contributed by atoms with E-state index >= 15 is 0 Å². The van der Waals surface area contributed by atoms with E-state index in [-0.39, 0.29) is 0 Å². The molecule has 6 nitrogen and oxygen atoms in total. The second-order valence-corrected chi connectivity index (χ2v) is 7.28. The van der Waals surface area contributed by atoms with Crippen LogP contribution in [0.2, 0.25) is 0 Å². The Morgan fingerprint density at radius 1 is 1.32 bits per heavy atom. The fourth-order valence-electron chi connectivity index (χ4n) is 2.52. The van der Waals surface area contributed by atoms with E-state index < -0.39 is 0 Å². The molecular weight excluding hydrogens is 316 g/mol. The Morgan fingerprint density at radius 3 is 2.91 bits per heavy atom. The maximum Gasteiger partial charge on any atom is 0.230 e. The van der Waals surface area contributed by atoms with E-state index in [0.29, 0.717) is 18.0 Å². The normalized spacial score (nSPS) is 20.8. The molecule has 3 aromatic rings. The van der Waals surface area contributed by atoms with Crippen LogP contribution in [-0.2, 0) is 0 Å². The van der Waals surface area contributed by atoms with Gasteiger partial charge in [-0.3, -0.25) is 0 Å². The molecule has 0 aromatic carbocycles. The summed E-state index contributed by atoms with van der Waals surface area (Å²) in [6.07, 6.45) is 1.99. The number of nitrogens with one attached hydrogen (secondary N) is 2. The lowest BCUT2D eigenvalue weighted by Gasteiger charge is -2.33. The Hall–Kier alpha value is -1.77. The summed E-state index contributed by atoms with van der Waals surface area (Å²) in [5.74, 6) is 1.49. The van der Waals surface area contributed by atoms with Crippen LogP contribution in [0.5, 0.6) is 0 Å². The Bertz CT molecular complexity index is 805. The lowest BCUT2D eigenvalue weighted by molar-refractivity contribution is 0.373. The second kappa shape index (κ2) is 5.45. The molecule has 0 saturated heterocycles. The lowest BCUT2D eigenvalue weighted by Crippen LogP contribution is -2.44. The third-order valence-corrected chi connectivity index (χ3v) is 5.39. The molecule has 0 amide bonds. The smallest absolute Gasteiger partial charge is 0.230 e. The number of rotatable bonds is 4. The Kier molecular flexibility index (Phi) is 3.44. The van der Waals surface area contributed by atoms with Crippen LogP contribution in [0.4, 0.5) is 16.8 Å². The summed E-state index contributed by atoms with van der Waals surface area (Å²) in [5, 5.41) is 9.72. The van der Waals surface area contributed by atoms with E-state index in [2.05, 4.69) is 25.0 Å². The zero-order chi connectivity index (χ0) is 15.1. The molecule has 114 valence electrons. The highest BCUT2D eigenvalue weighted by Gasteiger charge is 2.26. The van der Waals surface area contributed by atoms with Crippen LogP contribution in [0, 0.1) is 6.92 Å². The quantitative estimate of drug-likeness (QED) is 0.680. The van der Waals surface area contributed by atoms with Gasteiger partial charge in [-0.25, -0.2) is 4.98 Å². The third-order valence-electron chi connectivity index (χ3n) is 3.68. The van der Waals surface area contributed by atoms with E-state index in [1.807, 2.05) is 24.4 Å². The molecule has 4 rings (SSSR count). The largest absolute Gasteiger partial charge is 0.366 e. The van der Waals surface area contributed by atoms with Crippen molar-refractivity contribution in [3.8, 4) is 0 Å². The average molecular weight is 332 g/mol. The van der Waals surface area contributed by atoms with Gasteiger partial charge in [-0.15, -0.1) is 11.3 Å². The second-order valence-electron chi connectivity index (χ2n) is 5.56. The molecule has 22 heavy (non-hydrogen) atoms. The zero-order valence-electron chi connectivity index (χ0n) is 12.0. The molecule has 3 heterocycles. The molecule has 3 aromatic heterocycles. The maximum absolute atomic E-state index is 5.86. The number of aromatic nitrogens is 3. The Labute approximate surface area is 136 Å². The molecule has 0 atom stereocenters. The van der Waals surface area contributed by atoms with Crippen LogP contribution >= 0.6 is 22.9 Å². The molecule has 8 heteroatoms. The summed E-state index contributed by atoms with van der Waals surface area (Å²) in [7, 11) is 0. The summed E-state index contributed by atoms with van der Waals surface area (Å²) >= 11 is 3.07. The number of fused-ring (bicyclic) bond motifs is 1. The van der Waals surface area contributed by atoms with Crippen molar-refractivity contribution >= 4 is 49.9 Å². The number of thiophene rings is 1. The molecule has 1 aliphatic carbocycles. The molecule has 0 unspecified atom stereocenters. The first-order chi connectivity index (χ1) is 10.7. The summed E-state index contributed by atoms with van der Waals surface area (Å²) in [6.45, 7) is 1.97. The number of hydrogen-bond acceptors (Lipinski definition) is 8. The highest BCUT2D eigenvalue weighted by molar-refractivity contribution is 7.17. The van der Waals surface area contributed by atoms with Crippen LogP contribution in [0.1, 0.15) is 18.5 Å². The molecule has 0 spiro atoms. The number of aryl methyl sites for hydroxylation is 1. The molecule has 1 fully saturated rings. The SMILES string of the molecule is Cc1cc(Nc2nc(NC3CC(N)C3)c3sccc3n2)sn1. The van der Waals surface area contributed by atoms with Gasteiger partial charge < -0.3 is 16.4 Å². The van der Waals surface area contributed by atoms with E-state index in [4.69, 9.17) is 5.73 Å². The number of hydrogen-bond donors (Lipinski definition) is 3. The summed E-state index contributed by atoms with van der Waals surface area (Å²) < 4.78 is 5.35. The van der Waals surface area contributed by atoms with Crippen molar-refractivity contribution in [3.63, 3.8) is 0 Å². The standard InChI is InChI=1S/C14H16N6S2/c1-7-4-11(22-20-7)18-14-17-10-2-3-21-12(10)13(19-14)16-9-5-8(15)6-9/h2-4,8-9H,5-6,15H2,1H3,(H2,16,17,18,19). The van der Waals surface area contributed by atoms with Crippen molar-refractivity contribution in [2.24, 2.45) is 5.73 Å². The fourth-order valence-corrected chi connectivity index (χ4v) is 3.96. The number of nitrogens with two attached hydrogens (primary N) is 1. The highest BCUT2D eigenvalue weighted by atomic mass is 32.1. The van der Waals surface area contributed by atoms with Gasteiger partial charge in [-0.05, 0) is 48.8 Å². The van der Waals surface area contributed by atoms with E-state index in [9.17, 15) is 0 Å². The van der Waals surface area contributed by atoms with Crippen molar-refractivity contribution in [2.75, 3.05) is 10.6 Å². The first-order valence-electron chi connectivity index (χ1n) is 7.15. The minimum absolute atomic E-state index is 0.316.